The molecule has 0 atom stereocenters. The second-order valence-corrected chi connectivity index (χ2v) is 6.33. The van der Waals surface area contributed by atoms with Crippen LogP contribution in [0.2, 0.25) is 0 Å². The van der Waals surface area contributed by atoms with E-state index < -0.39 is 0 Å². The zero-order valence-electron chi connectivity index (χ0n) is 10.3. The van der Waals surface area contributed by atoms with E-state index in [1.807, 2.05) is 12.1 Å². The molecule has 1 aliphatic carbocycles. The summed E-state index contributed by atoms with van der Waals surface area (Å²) in [4.78, 5) is 0. The van der Waals surface area contributed by atoms with Gasteiger partial charge in [0.05, 0.1) is 0 Å². The van der Waals surface area contributed by atoms with Gasteiger partial charge in [-0.25, -0.2) is 4.39 Å². The molecule has 0 radical (unpaired) electrons. The normalized spacial score (nSPS) is 18.1. The standard InChI is InChI=1S/C15H17Br2F/c16-10-13(11-4-2-1-3-5-11)8-12-9-14(17)6-7-15(12)18/h6-9,11H,1-5,10H2. The highest BCUT2D eigenvalue weighted by atomic mass is 79.9. The highest BCUT2D eigenvalue weighted by Crippen LogP contribution is 2.32. The molecule has 18 heavy (non-hydrogen) atoms. The van der Waals surface area contributed by atoms with Crippen LogP contribution in [-0.2, 0) is 0 Å². The minimum Gasteiger partial charge on any atom is -0.206 e. The Hall–Kier alpha value is -0.150. The van der Waals surface area contributed by atoms with Crippen LogP contribution in [-0.4, -0.2) is 5.33 Å². The molecule has 0 bridgehead atoms. The monoisotopic (exact) mass is 374 g/mol. The van der Waals surface area contributed by atoms with Crippen molar-refractivity contribution in [3.63, 3.8) is 0 Å². The Morgan fingerprint density at radius 1 is 1.28 bits per heavy atom. The first kappa shape index (κ1) is 14.3. The van der Waals surface area contributed by atoms with Crippen molar-refractivity contribution in [3.05, 3.63) is 39.6 Å². The van der Waals surface area contributed by atoms with Gasteiger partial charge in [-0.15, -0.1) is 0 Å². The van der Waals surface area contributed by atoms with Crippen molar-refractivity contribution < 1.29 is 4.39 Å². The highest BCUT2D eigenvalue weighted by molar-refractivity contribution is 9.10. The number of halogens is 3. The molecule has 1 saturated carbocycles. The summed E-state index contributed by atoms with van der Waals surface area (Å²) < 4.78 is 14.7. The fraction of sp³-hybridized carbons (Fsp3) is 0.467. The Bertz CT molecular complexity index is 434. The molecule has 0 nitrogen and oxygen atoms in total. The second-order valence-electron chi connectivity index (χ2n) is 4.85. The summed E-state index contributed by atoms with van der Waals surface area (Å²) in [7, 11) is 0. The van der Waals surface area contributed by atoms with Gasteiger partial charge in [0.2, 0.25) is 0 Å². The third kappa shape index (κ3) is 3.67. The largest absolute Gasteiger partial charge is 0.206 e. The minimum atomic E-state index is -0.146. The summed E-state index contributed by atoms with van der Waals surface area (Å²) in [5.41, 5.74) is 2.01. The molecule has 0 saturated heterocycles. The van der Waals surface area contributed by atoms with E-state index in [-0.39, 0.29) is 5.82 Å². The van der Waals surface area contributed by atoms with Crippen molar-refractivity contribution in [2.75, 3.05) is 5.33 Å². The molecule has 1 fully saturated rings. The minimum absolute atomic E-state index is 0.146. The SMILES string of the molecule is Fc1ccc(Br)cc1C=C(CBr)C1CCCCC1. The van der Waals surface area contributed by atoms with Gasteiger partial charge in [0.1, 0.15) is 5.82 Å². The number of hydrogen-bond acceptors (Lipinski definition) is 0. The van der Waals surface area contributed by atoms with Crippen LogP contribution in [0.15, 0.2) is 28.2 Å². The first-order chi connectivity index (χ1) is 8.70. The van der Waals surface area contributed by atoms with Crippen LogP contribution >= 0.6 is 31.9 Å². The maximum atomic E-state index is 13.8. The Morgan fingerprint density at radius 3 is 2.67 bits per heavy atom. The van der Waals surface area contributed by atoms with E-state index in [0.29, 0.717) is 11.5 Å². The van der Waals surface area contributed by atoms with Crippen LogP contribution in [0.25, 0.3) is 6.08 Å². The van der Waals surface area contributed by atoms with Gasteiger partial charge in [0, 0.05) is 15.4 Å². The fourth-order valence-corrected chi connectivity index (χ4v) is 3.56. The Kier molecular flexibility index (Phi) is 5.43. The Balaban J connectivity index is 2.24. The summed E-state index contributed by atoms with van der Waals surface area (Å²) in [6.45, 7) is 0. The molecule has 98 valence electrons. The van der Waals surface area contributed by atoms with Crippen LogP contribution in [0.1, 0.15) is 37.7 Å². The van der Waals surface area contributed by atoms with E-state index in [0.717, 1.165) is 9.80 Å². The van der Waals surface area contributed by atoms with Crippen molar-refractivity contribution in [3.8, 4) is 0 Å². The number of alkyl halides is 1. The lowest BCUT2D eigenvalue weighted by molar-refractivity contribution is 0.405. The Morgan fingerprint density at radius 2 is 2.00 bits per heavy atom. The van der Waals surface area contributed by atoms with Crippen LogP contribution in [0, 0.1) is 11.7 Å². The maximum absolute atomic E-state index is 13.8. The second kappa shape index (κ2) is 6.85. The van der Waals surface area contributed by atoms with E-state index in [9.17, 15) is 4.39 Å². The summed E-state index contributed by atoms with van der Waals surface area (Å²) >= 11 is 6.95. The molecule has 0 amide bonds. The summed E-state index contributed by atoms with van der Waals surface area (Å²) in [6.07, 6.45) is 8.45. The number of benzene rings is 1. The maximum Gasteiger partial charge on any atom is 0.130 e. The third-order valence-electron chi connectivity index (χ3n) is 3.58. The van der Waals surface area contributed by atoms with Crippen LogP contribution < -0.4 is 0 Å². The van der Waals surface area contributed by atoms with Gasteiger partial charge < -0.3 is 0 Å². The molecule has 2 rings (SSSR count). The first-order valence-electron chi connectivity index (χ1n) is 6.42. The van der Waals surface area contributed by atoms with Crippen molar-refractivity contribution in [2.24, 2.45) is 5.92 Å². The quantitative estimate of drug-likeness (QED) is 0.573. The van der Waals surface area contributed by atoms with Crippen LogP contribution in [0.4, 0.5) is 4.39 Å². The zero-order chi connectivity index (χ0) is 13.0. The lowest BCUT2D eigenvalue weighted by atomic mass is 9.84. The van der Waals surface area contributed by atoms with Gasteiger partial charge >= 0.3 is 0 Å². The van der Waals surface area contributed by atoms with Crippen LogP contribution in [0.5, 0.6) is 0 Å². The predicted octanol–water partition coefficient (Wildman–Crippen LogP) is 5.95. The summed E-state index contributed by atoms with van der Waals surface area (Å²) in [6, 6.07) is 5.10. The summed E-state index contributed by atoms with van der Waals surface area (Å²) in [5.74, 6) is 0.476. The highest BCUT2D eigenvalue weighted by Gasteiger charge is 2.17. The van der Waals surface area contributed by atoms with Gasteiger partial charge in [-0.05, 0) is 37.0 Å². The molecule has 1 aliphatic rings. The molecule has 3 heteroatoms. The van der Waals surface area contributed by atoms with Crippen molar-refractivity contribution >= 4 is 37.9 Å². The average Bonchev–Trinajstić information content (AvgIpc) is 2.41. The van der Waals surface area contributed by atoms with Crippen molar-refractivity contribution in [2.45, 2.75) is 32.1 Å². The first-order valence-corrected chi connectivity index (χ1v) is 8.33. The fourth-order valence-electron chi connectivity index (χ4n) is 2.56. The third-order valence-corrected chi connectivity index (χ3v) is 4.72. The molecule has 0 aromatic heterocycles. The topological polar surface area (TPSA) is 0 Å². The average molecular weight is 376 g/mol. The van der Waals surface area contributed by atoms with E-state index in [2.05, 4.69) is 31.9 Å². The van der Waals surface area contributed by atoms with Crippen LogP contribution in [0.3, 0.4) is 0 Å². The molecule has 0 spiro atoms. The van der Waals surface area contributed by atoms with E-state index in [1.54, 1.807) is 6.07 Å². The molecule has 0 aliphatic heterocycles. The molecule has 0 unspecified atom stereocenters. The van der Waals surface area contributed by atoms with E-state index in [1.165, 1.54) is 43.7 Å². The molecular formula is C15H17Br2F. The van der Waals surface area contributed by atoms with Gasteiger partial charge in [-0.1, -0.05) is 62.8 Å². The van der Waals surface area contributed by atoms with E-state index in [4.69, 9.17) is 0 Å². The van der Waals surface area contributed by atoms with Crippen molar-refractivity contribution in [1.29, 1.82) is 0 Å². The van der Waals surface area contributed by atoms with Gasteiger partial charge in [0.15, 0.2) is 0 Å². The van der Waals surface area contributed by atoms with Gasteiger partial charge in [-0.2, -0.15) is 0 Å². The zero-order valence-corrected chi connectivity index (χ0v) is 13.4. The molecule has 1 aromatic carbocycles. The molecule has 1 aromatic rings. The number of hydrogen-bond donors (Lipinski definition) is 0. The number of allylic oxidation sites excluding steroid dienone is 1. The van der Waals surface area contributed by atoms with E-state index >= 15 is 0 Å². The lowest BCUT2D eigenvalue weighted by Crippen LogP contribution is -2.10. The lowest BCUT2D eigenvalue weighted by Gasteiger charge is -2.23. The molecule has 0 heterocycles. The molecular weight excluding hydrogens is 359 g/mol. The smallest absolute Gasteiger partial charge is 0.130 e. The number of rotatable bonds is 3. The Labute approximate surface area is 125 Å². The van der Waals surface area contributed by atoms with Crippen molar-refractivity contribution in [1.82, 2.24) is 0 Å². The molecule has 0 N–H and O–H groups in total. The van der Waals surface area contributed by atoms with Gasteiger partial charge in [0.25, 0.3) is 0 Å². The predicted molar refractivity (Wildman–Crippen MR) is 82.4 cm³/mol. The summed E-state index contributed by atoms with van der Waals surface area (Å²) in [5, 5.41) is 0.837. The van der Waals surface area contributed by atoms with Gasteiger partial charge in [-0.3, -0.25) is 0 Å².